The third-order valence-corrected chi connectivity index (χ3v) is 5.66. The number of alkyl halides is 3. The van der Waals surface area contributed by atoms with Crippen LogP contribution in [0.5, 0.6) is 0 Å². The summed E-state index contributed by atoms with van der Waals surface area (Å²) >= 11 is 0. The monoisotopic (exact) mass is 460 g/mol. The van der Waals surface area contributed by atoms with Gasteiger partial charge in [0, 0.05) is 19.0 Å². The minimum Gasteiger partial charge on any atom is -0.377 e. The molecular weight excluding hydrogens is 436 g/mol. The van der Waals surface area contributed by atoms with Gasteiger partial charge in [0.25, 0.3) is 5.56 Å². The summed E-state index contributed by atoms with van der Waals surface area (Å²) in [4.78, 5) is 23.6. The van der Waals surface area contributed by atoms with Crippen molar-refractivity contribution in [2.45, 2.75) is 64.5 Å². The largest absolute Gasteiger partial charge is 0.408 e. The lowest BCUT2D eigenvalue weighted by Gasteiger charge is -2.40. The van der Waals surface area contributed by atoms with E-state index in [2.05, 4.69) is 15.1 Å². The Hall–Kier alpha value is -2.70. The average Bonchev–Trinajstić information content (AvgIpc) is 3.20. The quantitative estimate of drug-likeness (QED) is 0.643. The van der Waals surface area contributed by atoms with E-state index in [-0.39, 0.29) is 49.3 Å². The number of fused-ring (bicyclic) bond motifs is 1. The van der Waals surface area contributed by atoms with Crippen molar-refractivity contribution in [3.05, 3.63) is 27.9 Å². The van der Waals surface area contributed by atoms with Crippen molar-refractivity contribution < 1.29 is 26.8 Å². The SMILES string of the molecule is CC(C)c1noc(CN2c3nc(N4CCOCC4C)c(F)c(=O)n3CCC2C(F)(F)F)n1. The lowest BCUT2D eigenvalue weighted by atomic mass is 10.1. The first-order valence-electron chi connectivity index (χ1n) is 10.4. The molecule has 4 rings (SSSR count). The molecule has 0 N–H and O–H groups in total. The molecule has 2 aliphatic heterocycles. The fourth-order valence-corrected chi connectivity index (χ4v) is 3.94. The Morgan fingerprint density at radius 2 is 1.97 bits per heavy atom. The molecule has 9 nitrogen and oxygen atoms in total. The molecule has 0 aromatic carbocycles. The maximum atomic E-state index is 15.0. The molecule has 32 heavy (non-hydrogen) atoms. The van der Waals surface area contributed by atoms with Gasteiger partial charge in [-0.15, -0.1) is 0 Å². The Balaban J connectivity index is 1.80. The van der Waals surface area contributed by atoms with Crippen LogP contribution in [0, 0.1) is 5.82 Å². The van der Waals surface area contributed by atoms with Gasteiger partial charge in [0.1, 0.15) is 12.6 Å². The number of hydrogen-bond acceptors (Lipinski definition) is 8. The zero-order valence-corrected chi connectivity index (χ0v) is 17.9. The van der Waals surface area contributed by atoms with Crippen LogP contribution in [0.25, 0.3) is 0 Å². The number of morpholine rings is 1. The van der Waals surface area contributed by atoms with Crippen LogP contribution in [0.2, 0.25) is 0 Å². The fourth-order valence-electron chi connectivity index (χ4n) is 3.94. The predicted molar refractivity (Wildman–Crippen MR) is 105 cm³/mol. The van der Waals surface area contributed by atoms with Crippen LogP contribution >= 0.6 is 0 Å². The lowest BCUT2D eigenvalue weighted by molar-refractivity contribution is -0.153. The first kappa shape index (κ1) is 22.5. The highest BCUT2D eigenvalue weighted by atomic mass is 19.4. The number of anilines is 2. The molecule has 176 valence electrons. The molecule has 0 aliphatic carbocycles. The average molecular weight is 460 g/mol. The van der Waals surface area contributed by atoms with Crippen LogP contribution in [-0.4, -0.2) is 57.7 Å². The summed E-state index contributed by atoms with van der Waals surface area (Å²) in [6.45, 7) is 5.52. The molecule has 0 spiro atoms. The van der Waals surface area contributed by atoms with Gasteiger partial charge in [-0.05, 0) is 13.3 Å². The molecule has 2 aromatic heterocycles. The normalized spacial score (nSPS) is 21.9. The molecule has 2 unspecified atom stereocenters. The van der Waals surface area contributed by atoms with Gasteiger partial charge in [-0.2, -0.15) is 27.5 Å². The minimum absolute atomic E-state index is 0.0451. The lowest BCUT2D eigenvalue weighted by Crippen LogP contribution is -2.53. The second kappa shape index (κ2) is 8.34. The van der Waals surface area contributed by atoms with Crippen LogP contribution < -0.4 is 15.4 Å². The van der Waals surface area contributed by atoms with Crippen LogP contribution in [0.3, 0.4) is 0 Å². The maximum Gasteiger partial charge on any atom is 0.408 e. The van der Waals surface area contributed by atoms with E-state index in [0.717, 1.165) is 9.47 Å². The summed E-state index contributed by atoms with van der Waals surface area (Å²) in [6.07, 6.45) is -5.04. The van der Waals surface area contributed by atoms with E-state index in [4.69, 9.17) is 9.26 Å². The predicted octanol–water partition coefficient (Wildman–Crippen LogP) is 2.46. The maximum absolute atomic E-state index is 15.0. The van der Waals surface area contributed by atoms with Gasteiger partial charge in [-0.3, -0.25) is 9.36 Å². The third kappa shape index (κ3) is 4.05. The fraction of sp³-hybridized carbons (Fsp3) is 0.684. The number of nitrogens with zero attached hydrogens (tertiary/aromatic N) is 6. The number of aromatic nitrogens is 4. The van der Waals surface area contributed by atoms with Crippen molar-refractivity contribution in [2.75, 3.05) is 29.6 Å². The van der Waals surface area contributed by atoms with Gasteiger partial charge in [-0.1, -0.05) is 19.0 Å². The summed E-state index contributed by atoms with van der Waals surface area (Å²) in [5, 5.41) is 3.79. The van der Waals surface area contributed by atoms with E-state index in [1.54, 1.807) is 11.8 Å². The zero-order chi connectivity index (χ0) is 23.2. The van der Waals surface area contributed by atoms with E-state index in [1.807, 2.05) is 13.8 Å². The summed E-state index contributed by atoms with van der Waals surface area (Å²) in [5.41, 5.74) is -1.01. The Morgan fingerprint density at radius 3 is 2.59 bits per heavy atom. The number of rotatable bonds is 4. The van der Waals surface area contributed by atoms with Crippen molar-refractivity contribution in [2.24, 2.45) is 0 Å². The number of ether oxygens (including phenoxy) is 1. The zero-order valence-electron chi connectivity index (χ0n) is 17.9. The second-order valence-electron chi connectivity index (χ2n) is 8.30. The van der Waals surface area contributed by atoms with Gasteiger partial charge < -0.3 is 19.1 Å². The van der Waals surface area contributed by atoms with Gasteiger partial charge in [0.2, 0.25) is 17.7 Å². The van der Waals surface area contributed by atoms with Gasteiger partial charge in [0.05, 0.1) is 19.3 Å². The summed E-state index contributed by atoms with van der Waals surface area (Å²) in [7, 11) is 0. The van der Waals surface area contributed by atoms with Crippen LogP contribution in [0.15, 0.2) is 9.32 Å². The summed E-state index contributed by atoms with van der Waals surface area (Å²) in [6, 6.07) is -2.24. The molecule has 4 heterocycles. The van der Waals surface area contributed by atoms with Crippen LogP contribution in [0.1, 0.15) is 44.8 Å². The third-order valence-electron chi connectivity index (χ3n) is 5.66. The first-order valence-corrected chi connectivity index (χ1v) is 10.4. The molecule has 13 heteroatoms. The van der Waals surface area contributed by atoms with Gasteiger partial charge in [-0.25, -0.2) is 0 Å². The molecule has 2 aromatic rings. The van der Waals surface area contributed by atoms with Crippen LogP contribution in [0.4, 0.5) is 29.3 Å². The summed E-state index contributed by atoms with van der Waals surface area (Å²) in [5.74, 6) is -1.41. The highest BCUT2D eigenvalue weighted by molar-refractivity contribution is 5.48. The van der Waals surface area contributed by atoms with Gasteiger partial charge in [0.15, 0.2) is 11.6 Å². The van der Waals surface area contributed by atoms with Gasteiger partial charge >= 0.3 is 6.18 Å². The number of hydrogen-bond donors (Lipinski definition) is 0. The molecule has 1 saturated heterocycles. The number of halogens is 4. The molecule has 2 aliphatic rings. The molecule has 0 radical (unpaired) electrons. The van der Waals surface area contributed by atoms with Crippen molar-refractivity contribution in [3.8, 4) is 0 Å². The minimum atomic E-state index is -4.61. The van der Waals surface area contributed by atoms with Crippen molar-refractivity contribution in [1.29, 1.82) is 0 Å². The Labute approximate surface area is 181 Å². The molecule has 0 saturated carbocycles. The molecule has 1 fully saturated rings. The Kier molecular flexibility index (Phi) is 5.86. The topological polar surface area (TPSA) is 89.5 Å². The van der Waals surface area contributed by atoms with E-state index >= 15 is 0 Å². The molecule has 0 bridgehead atoms. The highest BCUT2D eigenvalue weighted by Crippen LogP contribution is 2.36. The van der Waals surface area contributed by atoms with E-state index in [1.165, 1.54) is 0 Å². The summed E-state index contributed by atoms with van der Waals surface area (Å²) < 4.78 is 68.1. The molecule has 2 atom stereocenters. The van der Waals surface area contributed by atoms with E-state index < -0.39 is 36.6 Å². The first-order chi connectivity index (χ1) is 15.1. The van der Waals surface area contributed by atoms with E-state index in [9.17, 15) is 22.4 Å². The smallest absolute Gasteiger partial charge is 0.377 e. The van der Waals surface area contributed by atoms with Crippen molar-refractivity contribution in [3.63, 3.8) is 0 Å². The second-order valence-corrected chi connectivity index (χ2v) is 8.30. The van der Waals surface area contributed by atoms with Crippen LogP contribution in [-0.2, 0) is 17.8 Å². The Morgan fingerprint density at radius 1 is 1.22 bits per heavy atom. The van der Waals surface area contributed by atoms with Crippen molar-refractivity contribution in [1.82, 2.24) is 19.7 Å². The Bertz CT molecular complexity index is 1040. The van der Waals surface area contributed by atoms with Crippen molar-refractivity contribution >= 4 is 11.8 Å². The molecular formula is C19H24F4N6O3. The van der Waals surface area contributed by atoms with E-state index in [0.29, 0.717) is 12.4 Å². The molecule has 0 amide bonds. The highest BCUT2D eigenvalue weighted by Gasteiger charge is 2.48. The standard InChI is InChI=1S/C19H24F4N6O3/c1-10(2)15-24-13(32-26-15)8-29-12(19(21,22)23)4-5-28-17(30)14(20)16(25-18(28)29)27-6-7-31-9-11(27)3/h10-12H,4-9H2,1-3H3.